The van der Waals surface area contributed by atoms with E-state index >= 15 is 0 Å². The van der Waals surface area contributed by atoms with Crippen LogP contribution in [0.5, 0.6) is 5.75 Å². The van der Waals surface area contributed by atoms with Gasteiger partial charge in [-0.1, -0.05) is 30.3 Å². The minimum absolute atomic E-state index is 0.142. The van der Waals surface area contributed by atoms with Gasteiger partial charge in [0.2, 0.25) is 0 Å². The first-order valence-electron chi connectivity index (χ1n) is 5.31. The first-order chi connectivity index (χ1) is 8.45. The van der Waals surface area contributed by atoms with Gasteiger partial charge in [-0.2, -0.15) is 13.2 Å². The molecule has 5 heteroatoms. The van der Waals surface area contributed by atoms with E-state index < -0.39 is 11.7 Å². The van der Waals surface area contributed by atoms with Crippen LogP contribution in [0.25, 0.3) is 11.3 Å². The fourth-order valence-corrected chi connectivity index (χ4v) is 1.94. The number of alkyl halides is 3. The highest BCUT2D eigenvalue weighted by Gasteiger charge is 2.37. The quantitative estimate of drug-likeness (QED) is 0.797. The maximum Gasteiger partial charge on any atom is 0.421 e. The summed E-state index contributed by atoms with van der Waals surface area (Å²) in [5.41, 5.74) is 0.351. The molecule has 2 rings (SSSR count). The topological polar surface area (TPSA) is 14.2 Å². The largest absolute Gasteiger partial charge is 0.494 e. The molecule has 0 aliphatic heterocycles. The fourth-order valence-electron chi connectivity index (χ4n) is 1.94. The van der Waals surface area contributed by atoms with Gasteiger partial charge in [-0.3, -0.25) is 0 Å². The van der Waals surface area contributed by atoms with Gasteiger partial charge in [0, 0.05) is 18.8 Å². The molecule has 0 spiro atoms. The van der Waals surface area contributed by atoms with Crippen molar-refractivity contribution in [2.24, 2.45) is 7.05 Å². The number of hydrogen-bond donors (Lipinski definition) is 0. The fraction of sp³-hybridized carbons (Fsp3) is 0.231. The summed E-state index contributed by atoms with van der Waals surface area (Å²) < 4.78 is 44.9. The Morgan fingerprint density at radius 1 is 1.11 bits per heavy atom. The third-order valence-corrected chi connectivity index (χ3v) is 2.69. The van der Waals surface area contributed by atoms with Crippen molar-refractivity contribution in [3.8, 4) is 17.0 Å². The third-order valence-electron chi connectivity index (χ3n) is 2.69. The van der Waals surface area contributed by atoms with Crippen LogP contribution in [0.1, 0.15) is 5.56 Å². The van der Waals surface area contributed by atoms with Crippen molar-refractivity contribution in [2.75, 3.05) is 7.11 Å². The molecule has 0 saturated heterocycles. The lowest BCUT2D eigenvalue weighted by Gasteiger charge is -2.09. The third kappa shape index (κ3) is 2.08. The van der Waals surface area contributed by atoms with E-state index in [1.807, 2.05) is 6.07 Å². The maximum absolute atomic E-state index is 12.9. The van der Waals surface area contributed by atoms with Gasteiger partial charge in [0.05, 0.1) is 12.8 Å². The van der Waals surface area contributed by atoms with Gasteiger partial charge < -0.3 is 9.30 Å². The van der Waals surface area contributed by atoms with Gasteiger partial charge in [-0.15, -0.1) is 0 Å². The molecule has 1 heterocycles. The molecule has 0 amide bonds. The average Bonchev–Trinajstić information content (AvgIpc) is 2.67. The van der Waals surface area contributed by atoms with Crippen LogP contribution in [0.3, 0.4) is 0 Å². The molecule has 0 aliphatic carbocycles. The highest BCUT2D eigenvalue weighted by Crippen LogP contribution is 2.42. The molecule has 96 valence electrons. The average molecular weight is 255 g/mol. The van der Waals surface area contributed by atoms with E-state index in [0.29, 0.717) is 11.3 Å². The number of benzene rings is 1. The molecule has 1 aromatic carbocycles. The van der Waals surface area contributed by atoms with E-state index in [-0.39, 0.29) is 5.75 Å². The van der Waals surface area contributed by atoms with Crippen molar-refractivity contribution in [1.29, 1.82) is 0 Å². The van der Waals surface area contributed by atoms with Crippen molar-refractivity contribution in [3.63, 3.8) is 0 Å². The lowest BCUT2D eigenvalue weighted by Crippen LogP contribution is -2.05. The van der Waals surface area contributed by atoms with Crippen molar-refractivity contribution >= 4 is 0 Å². The lowest BCUT2D eigenvalue weighted by molar-refractivity contribution is -0.138. The van der Waals surface area contributed by atoms with Crippen molar-refractivity contribution in [2.45, 2.75) is 6.18 Å². The Balaban J connectivity index is 2.66. The molecule has 0 aliphatic rings. The molecule has 2 aromatic rings. The first kappa shape index (κ1) is 12.5. The summed E-state index contributed by atoms with van der Waals surface area (Å²) in [4.78, 5) is 0. The molecule has 0 radical (unpaired) electrons. The van der Waals surface area contributed by atoms with Gasteiger partial charge in [0.1, 0.15) is 5.56 Å². The Morgan fingerprint density at radius 2 is 1.72 bits per heavy atom. The molecular weight excluding hydrogens is 243 g/mol. The van der Waals surface area contributed by atoms with Crippen LogP contribution in [0.2, 0.25) is 0 Å². The highest BCUT2D eigenvalue weighted by molar-refractivity contribution is 5.70. The molecule has 0 atom stereocenters. The van der Waals surface area contributed by atoms with Crippen molar-refractivity contribution in [1.82, 2.24) is 4.57 Å². The molecule has 18 heavy (non-hydrogen) atoms. The Labute approximate surface area is 103 Å². The van der Waals surface area contributed by atoms with E-state index in [1.54, 1.807) is 31.3 Å². The smallest absolute Gasteiger partial charge is 0.421 e. The van der Waals surface area contributed by atoms with E-state index in [1.165, 1.54) is 11.7 Å². The molecule has 0 fully saturated rings. The minimum atomic E-state index is -4.42. The zero-order valence-corrected chi connectivity index (χ0v) is 9.95. The first-order valence-corrected chi connectivity index (χ1v) is 5.31. The molecular formula is C13H12F3NO. The summed E-state index contributed by atoms with van der Waals surface area (Å²) in [6, 6.07) is 8.85. The summed E-state index contributed by atoms with van der Waals surface area (Å²) in [6.45, 7) is 0. The number of aromatic nitrogens is 1. The Kier molecular flexibility index (Phi) is 3.07. The van der Waals surface area contributed by atoms with Gasteiger partial charge >= 0.3 is 6.18 Å². The summed E-state index contributed by atoms with van der Waals surface area (Å²) in [5, 5.41) is 0. The summed E-state index contributed by atoms with van der Waals surface area (Å²) in [7, 11) is 2.82. The van der Waals surface area contributed by atoms with Gasteiger partial charge in [0.25, 0.3) is 0 Å². The zero-order valence-electron chi connectivity index (χ0n) is 9.95. The molecule has 1 aromatic heterocycles. The van der Waals surface area contributed by atoms with E-state index in [0.717, 1.165) is 6.20 Å². The van der Waals surface area contributed by atoms with E-state index in [4.69, 9.17) is 4.74 Å². The predicted octanol–water partition coefficient (Wildman–Crippen LogP) is 3.72. The molecule has 0 bridgehead atoms. The monoisotopic (exact) mass is 255 g/mol. The standard InChI is InChI=1S/C13H12F3NO/c1-17-8-10(13(14,15)16)12(18-2)11(17)9-6-4-3-5-7-9/h3-8H,1-2H3. The molecule has 2 nitrogen and oxygen atoms in total. The van der Waals surface area contributed by atoms with Crippen LogP contribution in [0.4, 0.5) is 13.2 Å². The van der Waals surface area contributed by atoms with Crippen LogP contribution >= 0.6 is 0 Å². The molecule has 0 N–H and O–H groups in total. The summed E-state index contributed by atoms with van der Waals surface area (Å²) in [5.74, 6) is -0.142. The van der Waals surface area contributed by atoms with Crippen LogP contribution in [-0.2, 0) is 13.2 Å². The summed E-state index contributed by atoms with van der Waals surface area (Å²) in [6.07, 6.45) is -3.38. The van der Waals surface area contributed by atoms with Crippen LogP contribution in [0.15, 0.2) is 36.5 Å². The number of aryl methyl sites for hydroxylation is 1. The molecule has 0 saturated carbocycles. The Bertz CT molecular complexity index is 543. The van der Waals surface area contributed by atoms with Gasteiger partial charge in [0.15, 0.2) is 5.75 Å². The number of halogens is 3. The Morgan fingerprint density at radius 3 is 2.22 bits per heavy atom. The van der Waals surface area contributed by atoms with Crippen LogP contribution < -0.4 is 4.74 Å². The normalized spacial score (nSPS) is 11.6. The number of ether oxygens (including phenoxy) is 1. The zero-order chi connectivity index (χ0) is 13.3. The van der Waals surface area contributed by atoms with E-state index in [2.05, 4.69) is 0 Å². The highest BCUT2D eigenvalue weighted by atomic mass is 19.4. The van der Waals surface area contributed by atoms with Crippen LogP contribution in [0, 0.1) is 0 Å². The number of hydrogen-bond acceptors (Lipinski definition) is 1. The van der Waals surface area contributed by atoms with Gasteiger partial charge in [-0.25, -0.2) is 0 Å². The Hall–Kier alpha value is -1.91. The second-order valence-corrected chi connectivity index (χ2v) is 3.90. The predicted molar refractivity (Wildman–Crippen MR) is 62.4 cm³/mol. The van der Waals surface area contributed by atoms with Gasteiger partial charge in [-0.05, 0) is 0 Å². The maximum atomic E-state index is 12.9. The number of nitrogens with zero attached hydrogens (tertiary/aromatic N) is 1. The SMILES string of the molecule is COc1c(C(F)(F)F)cn(C)c1-c1ccccc1. The minimum Gasteiger partial charge on any atom is -0.494 e. The number of rotatable bonds is 2. The second-order valence-electron chi connectivity index (χ2n) is 3.90. The number of methoxy groups -OCH3 is 1. The lowest BCUT2D eigenvalue weighted by atomic mass is 10.1. The van der Waals surface area contributed by atoms with Crippen LogP contribution in [-0.4, -0.2) is 11.7 Å². The second kappa shape index (κ2) is 4.40. The van der Waals surface area contributed by atoms with Crippen molar-refractivity contribution in [3.05, 3.63) is 42.1 Å². The molecule has 0 unspecified atom stereocenters. The van der Waals surface area contributed by atoms with Crippen molar-refractivity contribution < 1.29 is 17.9 Å². The summed E-state index contributed by atoms with van der Waals surface area (Å²) >= 11 is 0. The van der Waals surface area contributed by atoms with E-state index in [9.17, 15) is 13.2 Å².